The van der Waals surface area contributed by atoms with Crippen molar-refractivity contribution in [1.82, 2.24) is 10.6 Å². The summed E-state index contributed by atoms with van der Waals surface area (Å²) in [5.74, 6) is -5.10. The predicted octanol–water partition coefficient (Wildman–Crippen LogP) is -3.35. The van der Waals surface area contributed by atoms with E-state index in [1.165, 1.54) is 11.8 Å². The zero-order chi connectivity index (χ0) is 24.2. The van der Waals surface area contributed by atoms with Crippen molar-refractivity contribution >= 4 is 49.3 Å². The van der Waals surface area contributed by atoms with Gasteiger partial charge >= 0.3 is 25.7 Å². The van der Waals surface area contributed by atoms with Crippen LogP contribution in [-0.2, 0) is 37.8 Å². The number of ether oxygens (including phenoxy) is 1. The summed E-state index contributed by atoms with van der Waals surface area (Å²) in [5, 5.41) is 13.2. The van der Waals surface area contributed by atoms with Gasteiger partial charge in [-0.2, -0.15) is 11.8 Å². The van der Waals surface area contributed by atoms with E-state index >= 15 is 0 Å². The molecule has 9 N–H and O–H groups in total. The SMILES string of the molecule is CSCC(NC(=O)CCC(N)C(=O)O)C(=O)NCC(=O)OC(=O)[C@@H](N)COP(=O)(O)O. The molecule has 3 atom stereocenters. The highest BCUT2D eigenvalue weighted by Gasteiger charge is 2.25. The summed E-state index contributed by atoms with van der Waals surface area (Å²) in [6.45, 7) is -1.67. The van der Waals surface area contributed by atoms with Crippen molar-refractivity contribution in [2.24, 2.45) is 11.5 Å². The largest absolute Gasteiger partial charge is 0.480 e. The van der Waals surface area contributed by atoms with E-state index in [0.29, 0.717) is 0 Å². The van der Waals surface area contributed by atoms with Crippen LogP contribution in [0.5, 0.6) is 0 Å². The molecule has 2 unspecified atom stereocenters. The van der Waals surface area contributed by atoms with Gasteiger partial charge in [0, 0.05) is 12.2 Å². The third kappa shape index (κ3) is 13.8. The van der Waals surface area contributed by atoms with Crippen LogP contribution in [0.15, 0.2) is 0 Å². The standard InChI is InChI=1S/C14H25N4O11PS/c1-31-6-9(18-10(19)3-2-7(15)13(22)23)12(21)17-4-11(20)29-14(24)8(16)5-28-30(25,26)27/h7-9H,2-6,15-16H2,1H3,(H,17,21)(H,18,19)(H,22,23)(H2,25,26,27)/t7?,8-,9?/m0/s1. The van der Waals surface area contributed by atoms with Crippen LogP contribution >= 0.6 is 19.6 Å². The summed E-state index contributed by atoms with van der Waals surface area (Å²) in [5.41, 5.74) is 10.6. The number of esters is 2. The Hall–Kier alpha value is -2.07. The van der Waals surface area contributed by atoms with Crippen LogP contribution in [0.1, 0.15) is 12.8 Å². The molecule has 2 amide bonds. The predicted molar refractivity (Wildman–Crippen MR) is 105 cm³/mol. The minimum Gasteiger partial charge on any atom is -0.480 e. The Morgan fingerprint density at radius 3 is 2.26 bits per heavy atom. The maximum absolute atomic E-state index is 12.2. The number of carboxylic acids is 1. The van der Waals surface area contributed by atoms with Gasteiger partial charge in [-0.05, 0) is 12.7 Å². The van der Waals surface area contributed by atoms with Crippen LogP contribution in [-0.4, -0.2) is 87.9 Å². The van der Waals surface area contributed by atoms with Crippen LogP contribution in [0.3, 0.4) is 0 Å². The van der Waals surface area contributed by atoms with Crippen LogP contribution in [0.25, 0.3) is 0 Å². The van der Waals surface area contributed by atoms with Gasteiger partial charge in [-0.3, -0.25) is 18.9 Å². The van der Waals surface area contributed by atoms with E-state index in [9.17, 15) is 28.5 Å². The highest BCUT2D eigenvalue weighted by Crippen LogP contribution is 2.35. The fourth-order valence-corrected chi connectivity index (χ4v) is 2.70. The Labute approximate surface area is 180 Å². The molecule has 15 nitrogen and oxygen atoms in total. The van der Waals surface area contributed by atoms with Gasteiger partial charge in [0.2, 0.25) is 11.8 Å². The average molecular weight is 488 g/mol. The van der Waals surface area contributed by atoms with Gasteiger partial charge in [0.15, 0.2) is 0 Å². The van der Waals surface area contributed by atoms with E-state index in [1.807, 2.05) is 0 Å². The first kappa shape index (κ1) is 28.9. The van der Waals surface area contributed by atoms with Crippen LogP contribution in [0.4, 0.5) is 0 Å². The minimum atomic E-state index is -4.87. The molecule has 17 heteroatoms. The average Bonchev–Trinajstić information content (AvgIpc) is 2.67. The lowest BCUT2D eigenvalue weighted by Gasteiger charge is -2.18. The lowest BCUT2D eigenvalue weighted by atomic mass is 10.1. The molecule has 0 spiro atoms. The van der Waals surface area contributed by atoms with E-state index in [-0.39, 0.29) is 18.6 Å². The van der Waals surface area contributed by atoms with Crippen molar-refractivity contribution in [1.29, 1.82) is 0 Å². The first-order chi connectivity index (χ1) is 14.3. The molecule has 0 aliphatic heterocycles. The highest BCUT2D eigenvalue weighted by atomic mass is 32.2. The Kier molecular flexibility index (Phi) is 13.1. The maximum atomic E-state index is 12.2. The number of thioether (sulfide) groups is 1. The number of carboxylic acid groups (broad SMARTS) is 1. The van der Waals surface area contributed by atoms with Gasteiger partial charge in [-0.25, -0.2) is 14.2 Å². The first-order valence-corrected chi connectivity index (χ1v) is 11.4. The number of nitrogens with two attached hydrogens (primary N) is 2. The second kappa shape index (κ2) is 14.1. The Balaban J connectivity index is 4.54. The second-order valence-electron chi connectivity index (χ2n) is 5.96. The van der Waals surface area contributed by atoms with Crippen LogP contribution < -0.4 is 22.1 Å². The molecule has 0 fully saturated rings. The van der Waals surface area contributed by atoms with Gasteiger partial charge in [-0.1, -0.05) is 0 Å². The minimum absolute atomic E-state index is 0.126. The monoisotopic (exact) mass is 488 g/mol. The highest BCUT2D eigenvalue weighted by molar-refractivity contribution is 7.98. The lowest BCUT2D eigenvalue weighted by Crippen LogP contribution is -2.50. The van der Waals surface area contributed by atoms with Gasteiger partial charge < -0.3 is 41.7 Å². The fraction of sp³-hybridized carbons (Fsp3) is 0.643. The molecule has 31 heavy (non-hydrogen) atoms. The summed E-state index contributed by atoms with van der Waals surface area (Å²) in [6, 6.07) is -3.96. The number of phosphoric ester groups is 1. The number of carbonyl (C=O) groups excluding carboxylic acids is 4. The van der Waals surface area contributed by atoms with E-state index in [2.05, 4.69) is 19.9 Å². The van der Waals surface area contributed by atoms with Crippen molar-refractivity contribution in [3.8, 4) is 0 Å². The molecule has 0 saturated carbocycles. The van der Waals surface area contributed by atoms with Crippen LogP contribution in [0.2, 0.25) is 0 Å². The van der Waals surface area contributed by atoms with E-state index < -0.39 is 68.8 Å². The van der Waals surface area contributed by atoms with E-state index in [4.69, 9.17) is 26.4 Å². The summed E-state index contributed by atoms with van der Waals surface area (Å²) < 4.78 is 18.9. The number of nitrogens with one attached hydrogen (secondary N) is 2. The zero-order valence-corrected chi connectivity index (χ0v) is 18.1. The quantitative estimate of drug-likeness (QED) is 0.0716. The lowest BCUT2D eigenvalue weighted by molar-refractivity contribution is -0.161. The molecule has 0 radical (unpaired) electrons. The summed E-state index contributed by atoms with van der Waals surface area (Å²) in [4.78, 5) is 74.9. The smallest absolute Gasteiger partial charge is 0.469 e. The topological polar surface area (TPSA) is 258 Å². The number of hydrogen-bond donors (Lipinski definition) is 7. The Morgan fingerprint density at radius 1 is 1.13 bits per heavy atom. The number of hydrogen-bond acceptors (Lipinski definition) is 11. The van der Waals surface area contributed by atoms with Crippen LogP contribution in [0, 0.1) is 0 Å². The van der Waals surface area contributed by atoms with Gasteiger partial charge in [0.05, 0.1) is 6.61 Å². The number of aliphatic carboxylic acids is 1. The van der Waals surface area contributed by atoms with E-state index in [1.54, 1.807) is 6.26 Å². The molecule has 0 aromatic rings. The normalized spacial score (nSPS) is 14.1. The second-order valence-corrected chi connectivity index (χ2v) is 8.11. The zero-order valence-electron chi connectivity index (χ0n) is 16.4. The number of carbonyl (C=O) groups is 5. The van der Waals surface area contributed by atoms with Crippen molar-refractivity contribution in [3.05, 3.63) is 0 Å². The molecule has 178 valence electrons. The number of rotatable bonds is 14. The number of amides is 2. The molecule has 0 aliphatic carbocycles. The molecular weight excluding hydrogens is 463 g/mol. The molecule has 0 aromatic heterocycles. The molecule has 0 aromatic carbocycles. The Bertz CT molecular complexity index is 716. The third-order valence-electron chi connectivity index (χ3n) is 3.33. The van der Waals surface area contributed by atoms with Crippen molar-refractivity contribution in [2.75, 3.05) is 25.2 Å². The van der Waals surface area contributed by atoms with E-state index in [0.717, 1.165) is 0 Å². The first-order valence-electron chi connectivity index (χ1n) is 8.51. The van der Waals surface area contributed by atoms with Crippen molar-refractivity contribution in [2.45, 2.75) is 31.0 Å². The third-order valence-corrected chi connectivity index (χ3v) is 4.48. The van der Waals surface area contributed by atoms with Gasteiger partial charge in [-0.15, -0.1) is 0 Å². The van der Waals surface area contributed by atoms with Crippen molar-refractivity contribution < 1.29 is 52.7 Å². The van der Waals surface area contributed by atoms with Gasteiger partial charge in [0.25, 0.3) is 0 Å². The molecule has 0 aliphatic rings. The van der Waals surface area contributed by atoms with Gasteiger partial charge in [0.1, 0.15) is 24.7 Å². The van der Waals surface area contributed by atoms with Crippen molar-refractivity contribution in [3.63, 3.8) is 0 Å². The number of phosphoric acid groups is 1. The molecule has 0 rings (SSSR count). The molecule has 0 bridgehead atoms. The Morgan fingerprint density at radius 2 is 1.74 bits per heavy atom. The summed E-state index contributed by atoms with van der Waals surface area (Å²) in [7, 11) is -4.87. The maximum Gasteiger partial charge on any atom is 0.469 e. The summed E-state index contributed by atoms with van der Waals surface area (Å²) >= 11 is 1.21. The fourth-order valence-electron chi connectivity index (χ4n) is 1.78. The molecular formula is C14H25N4O11PS. The molecule has 0 heterocycles. The molecule has 0 saturated heterocycles. The summed E-state index contributed by atoms with van der Waals surface area (Å²) in [6.07, 6.45) is 1.27.